The largest absolute Gasteiger partial charge is 0.472 e. The fraction of sp³-hybridized carbons (Fsp3) is 0.705. The summed E-state index contributed by atoms with van der Waals surface area (Å²) < 4.78 is 30.6. The van der Waals surface area contributed by atoms with Gasteiger partial charge in [0.25, 0.3) is 0 Å². The van der Waals surface area contributed by atoms with E-state index in [2.05, 4.69) is 111 Å². The molecule has 0 fully saturated rings. The van der Waals surface area contributed by atoms with Crippen molar-refractivity contribution in [2.75, 3.05) is 40.9 Å². The number of carbonyl (C=O) groups excluding carboxylic acids is 2. The van der Waals surface area contributed by atoms with Crippen LogP contribution in [-0.2, 0) is 27.9 Å². The normalized spacial score (nSPS) is 14.5. The molecule has 0 radical (unpaired) electrons. The number of ether oxygens (including phenoxy) is 1. The summed E-state index contributed by atoms with van der Waals surface area (Å²) in [6.07, 6.45) is 66.9. The van der Waals surface area contributed by atoms with E-state index in [9.17, 15) is 19.0 Å². The number of carbonyl (C=O) groups is 2. The minimum absolute atomic E-state index is 0.0231. The number of rotatable bonds is 50. The summed E-state index contributed by atoms with van der Waals surface area (Å²) in [5.74, 6) is -0.592. The lowest BCUT2D eigenvalue weighted by molar-refractivity contribution is -0.870. The van der Waals surface area contributed by atoms with E-state index in [-0.39, 0.29) is 37.9 Å². The second kappa shape index (κ2) is 50.5. The number of amides is 1. The molecule has 0 spiro atoms. The molecule has 10 heteroatoms. The summed E-state index contributed by atoms with van der Waals surface area (Å²) in [5, 5.41) is 3.01. The number of esters is 1. The molecule has 0 bridgehead atoms. The van der Waals surface area contributed by atoms with Crippen LogP contribution < -0.4 is 5.32 Å². The second-order valence-corrected chi connectivity index (χ2v) is 21.6. The highest BCUT2D eigenvalue weighted by atomic mass is 31.2. The molecule has 2 N–H and O–H groups in total. The molecule has 408 valence electrons. The molecule has 0 aliphatic rings. The maximum Gasteiger partial charge on any atom is 0.472 e. The number of allylic oxidation sites excluding steroid dienone is 15. The van der Waals surface area contributed by atoms with Crippen molar-refractivity contribution in [2.24, 2.45) is 0 Å². The summed E-state index contributed by atoms with van der Waals surface area (Å²) in [6, 6.07) is -0.887. The molecule has 9 nitrogen and oxygen atoms in total. The van der Waals surface area contributed by atoms with Crippen LogP contribution in [-0.4, -0.2) is 74.3 Å². The Balaban J connectivity index is 5.50. The van der Waals surface area contributed by atoms with Gasteiger partial charge in [0.2, 0.25) is 5.91 Å². The molecule has 0 saturated carbocycles. The van der Waals surface area contributed by atoms with Gasteiger partial charge in [-0.25, -0.2) is 4.57 Å². The highest BCUT2D eigenvalue weighted by Crippen LogP contribution is 2.43. The third-order valence-corrected chi connectivity index (χ3v) is 13.0. The number of hydrogen-bond donors (Lipinski definition) is 2. The van der Waals surface area contributed by atoms with Crippen LogP contribution in [0.15, 0.2) is 97.2 Å². The van der Waals surface area contributed by atoms with E-state index in [0.29, 0.717) is 23.9 Å². The Bertz CT molecular complexity index is 1540. The van der Waals surface area contributed by atoms with Crippen molar-refractivity contribution in [1.82, 2.24) is 5.32 Å². The number of quaternary nitrogens is 1. The summed E-state index contributed by atoms with van der Waals surface area (Å²) in [7, 11) is 1.44. The van der Waals surface area contributed by atoms with Crippen molar-refractivity contribution < 1.29 is 37.3 Å². The van der Waals surface area contributed by atoms with Crippen molar-refractivity contribution in [3.63, 3.8) is 0 Å². The average Bonchev–Trinajstić information content (AvgIpc) is 3.33. The first kappa shape index (κ1) is 67.9. The van der Waals surface area contributed by atoms with E-state index < -0.39 is 20.0 Å². The molecule has 0 heterocycles. The van der Waals surface area contributed by atoms with Crippen LogP contribution in [0, 0.1) is 0 Å². The molecule has 0 aromatic heterocycles. The monoisotopic (exact) mass is 1010 g/mol. The van der Waals surface area contributed by atoms with Crippen LogP contribution in [0.1, 0.15) is 226 Å². The molecule has 0 aliphatic heterocycles. The molecular weight excluding hydrogens is 904 g/mol. The average molecular weight is 1010 g/mol. The van der Waals surface area contributed by atoms with Gasteiger partial charge in [-0.05, 0) is 96.0 Å². The molecule has 0 aromatic carbocycles. The van der Waals surface area contributed by atoms with E-state index in [1.165, 1.54) is 83.5 Å². The SMILES string of the molecule is CC/C=C\C/C=C\C/C=C\C/C=C\C/C=C\CCCC(=O)NC(COP(=O)(O)OCC[N+](C)(C)C)C(/C=C/CCCCCCCCCCCCC)OC(=O)CCCCCCCC/C=C/C=C/CCCCC. The number of likely N-dealkylation sites (N-methyl/N-ethyl adjacent to an activating group) is 1. The summed E-state index contributed by atoms with van der Waals surface area (Å²) in [4.78, 5) is 37.6. The van der Waals surface area contributed by atoms with Crippen molar-refractivity contribution in [3.05, 3.63) is 97.2 Å². The smallest absolute Gasteiger partial charge is 0.456 e. The van der Waals surface area contributed by atoms with Crippen LogP contribution in [0.2, 0.25) is 0 Å². The van der Waals surface area contributed by atoms with Gasteiger partial charge < -0.3 is 19.4 Å². The molecule has 71 heavy (non-hydrogen) atoms. The summed E-state index contributed by atoms with van der Waals surface area (Å²) in [6.45, 7) is 6.80. The number of phosphoric ester groups is 1. The predicted molar refractivity (Wildman–Crippen MR) is 304 cm³/mol. The Morgan fingerprint density at radius 1 is 0.521 bits per heavy atom. The Morgan fingerprint density at radius 2 is 0.958 bits per heavy atom. The van der Waals surface area contributed by atoms with Gasteiger partial charge in [0.1, 0.15) is 19.3 Å². The van der Waals surface area contributed by atoms with Gasteiger partial charge in [-0.1, -0.05) is 215 Å². The highest BCUT2D eigenvalue weighted by Gasteiger charge is 2.30. The number of nitrogens with one attached hydrogen (secondary N) is 1. The van der Waals surface area contributed by atoms with E-state index in [0.717, 1.165) is 96.3 Å². The van der Waals surface area contributed by atoms with E-state index >= 15 is 0 Å². The molecule has 0 aliphatic carbocycles. The quantitative estimate of drug-likeness (QED) is 0.0156. The van der Waals surface area contributed by atoms with E-state index in [4.69, 9.17) is 13.8 Å². The van der Waals surface area contributed by atoms with Crippen LogP contribution >= 0.6 is 7.82 Å². The minimum Gasteiger partial charge on any atom is -0.456 e. The van der Waals surface area contributed by atoms with Crippen molar-refractivity contribution in [3.8, 4) is 0 Å². The van der Waals surface area contributed by atoms with Gasteiger partial charge in [-0.2, -0.15) is 0 Å². The number of nitrogens with zero attached hydrogens (tertiary/aromatic N) is 1. The lowest BCUT2D eigenvalue weighted by Crippen LogP contribution is -2.47. The maximum absolute atomic E-state index is 13.5. The molecule has 0 rings (SSSR count). The van der Waals surface area contributed by atoms with Gasteiger partial charge >= 0.3 is 13.8 Å². The fourth-order valence-electron chi connectivity index (χ4n) is 7.61. The van der Waals surface area contributed by atoms with Crippen LogP contribution in [0.3, 0.4) is 0 Å². The van der Waals surface area contributed by atoms with Gasteiger partial charge in [0, 0.05) is 12.8 Å². The van der Waals surface area contributed by atoms with E-state index in [1.54, 1.807) is 0 Å². The third-order valence-electron chi connectivity index (χ3n) is 12.0. The second-order valence-electron chi connectivity index (χ2n) is 20.1. The predicted octanol–water partition coefficient (Wildman–Crippen LogP) is 17.2. The Hall–Kier alpha value is -3.07. The van der Waals surface area contributed by atoms with Gasteiger partial charge in [0.05, 0.1) is 33.8 Å². The molecule has 3 unspecified atom stereocenters. The first-order valence-corrected chi connectivity index (χ1v) is 30.1. The zero-order chi connectivity index (χ0) is 52.2. The minimum atomic E-state index is -4.47. The number of unbranched alkanes of at least 4 members (excludes halogenated alkanes) is 21. The van der Waals surface area contributed by atoms with Crippen LogP contribution in [0.5, 0.6) is 0 Å². The molecule has 1 amide bonds. The zero-order valence-electron chi connectivity index (χ0n) is 46.4. The molecule has 0 aromatic rings. The van der Waals surface area contributed by atoms with Crippen molar-refractivity contribution in [1.29, 1.82) is 0 Å². The van der Waals surface area contributed by atoms with E-state index in [1.807, 2.05) is 33.3 Å². The lowest BCUT2D eigenvalue weighted by Gasteiger charge is -2.27. The molecule has 3 atom stereocenters. The summed E-state index contributed by atoms with van der Waals surface area (Å²) >= 11 is 0. The lowest BCUT2D eigenvalue weighted by atomic mass is 10.0. The third kappa shape index (κ3) is 51.6. The van der Waals surface area contributed by atoms with Gasteiger partial charge in [-0.3, -0.25) is 18.6 Å². The van der Waals surface area contributed by atoms with Gasteiger partial charge in [-0.15, -0.1) is 0 Å². The first-order chi connectivity index (χ1) is 34.4. The Labute approximate surface area is 437 Å². The van der Waals surface area contributed by atoms with Gasteiger partial charge in [0.15, 0.2) is 0 Å². The van der Waals surface area contributed by atoms with Crippen molar-refractivity contribution in [2.45, 2.75) is 238 Å². The standard InChI is InChI=1S/C61H107N2O7P/c1-7-10-13-16-19-22-25-28-30-31-33-35-38-41-44-47-50-53-60(64)62-58(57-69-71(66,67)68-56-55-63(4,5)6)59(52-49-46-43-40-37-34-27-24-21-18-15-12-9-3)70-61(65)54-51-48-45-42-39-36-32-29-26-23-20-17-14-11-8-2/h10,13,19-20,22-23,26,28-30,33,35,41,44,49,52,58-59H,7-9,11-12,14-18,21,24-25,27,31-32,34,36-40,42-43,45-48,50-51,53-57H2,1-6H3,(H-,62,64,66,67)/p+1/b13-10-,22-19-,23-20+,29-26+,30-28-,35-33-,44-41-,52-49+. The zero-order valence-corrected chi connectivity index (χ0v) is 47.3. The molecular formula is C61H108N2O7P+. The topological polar surface area (TPSA) is 111 Å². The number of hydrogen-bond acceptors (Lipinski definition) is 6. The highest BCUT2D eigenvalue weighted by molar-refractivity contribution is 7.47. The first-order valence-electron chi connectivity index (χ1n) is 28.6. The maximum atomic E-state index is 13.5. The van der Waals surface area contributed by atoms with Crippen molar-refractivity contribution >= 4 is 19.7 Å². The van der Waals surface area contributed by atoms with Crippen LogP contribution in [0.4, 0.5) is 0 Å². The Morgan fingerprint density at radius 3 is 1.48 bits per heavy atom. The fourth-order valence-corrected chi connectivity index (χ4v) is 8.35. The Kier molecular flexibility index (Phi) is 48.3. The van der Waals surface area contributed by atoms with Crippen LogP contribution in [0.25, 0.3) is 0 Å². The molecule has 0 saturated heterocycles. The summed E-state index contributed by atoms with van der Waals surface area (Å²) in [5.41, 5.74) is 0. The number of phosphoric acid groups is 1.